The molecule has 0 heterocycles. The van der Waals surface area contributed by atoms with E-state index in [1.54, 1.807) is 24.3 Å². The zero-order valence-electron chi connectivity index (χ0n) is 11.1. The number of nitrogens with two attached hydrogens (primary N) is 1. The van der Waals surface area contributed by atoms with Crippen molar-refractivity contribution >= 4 is 17.4 Å². The van der Waals surface area contributed by atoms with E-state index in [9.17, 15) is 4.39 Å². The summed E-state index contributed by atoms with van der Waals surface area (Å²) in [5.74, 6) is 0.404. The summed E-state index contributed by atoms with van der Waals surface area (Å²) >= 11 is 5.96. The number of halogens is 2. The summed E-state index contributed by atoms with van der Waals surface area (Å²) in [6, 6.07) is 11.3. The Hall–Kier alpha value is -2.27. The van der Waals surface area contributed by atoms with Crippen LogP contribution in [0.5, 0.6) is 5.75 Å². The summed E-state index contributed by atoms with van der Waals surface area (Å²) in [6.45, 7) is 0.177. The molecule has 0 radical (unpaired) electrons. The van der Waals surface area contributed by atoms with Crippen molar-refractivity contribution in [3.63, 3.8) is 0 Å². The van der Waals surface area contributed by atoms with Crippen molar-refractivity contribution in [2.75, 3.05) is 0 Å². The highest BCUT2D eigenvalue weighted by molar-refractivity contribution is 6.31. The normalized spacial score (nSPS) is 11.4. The summed E-state index contributed by atoms with van der Waals surface area (Å²) in [5.41, 5.74) is 6.90. The molecule has 2 aromatic carbocycles. The van der Waals surface area contributed by atoms with Gasteiger partial charge in [0.1, 0.15) is 24.0 Å². The molecule has 0 aliphatic rings. The summed E-state index contributed by atoms with van der Waals surface area (Å²) in [6.07, 6.45) is 0.354. The molecule has 21 heavy (non-hydrogen) atoms. The highest BCUT2D eigenvalue weighted by Crippen LogP contribution is 2.20. The van der Waals surface area contributed by atoms with Gasteiger partial charge in [-0.1, -0.05) is 28.9 Å². The largest absolute Gasteiger partial charge is 0.489 e. The molecule has 0 aromatic heterocycles. The lowest BCUT2D eigenvalue weighted by Gasteiger charge is -2.08. The van der Waals surface area contributed by atoms with Gasteiger partial charge in [0.05, 0.1) is 0 Å². The van der Waals surface area contributed by atoms with Crippen LogP contribution in [0.15, 0.2) is 47.6 Å². The van der Waals surface area contributed by atoms with Gasteiger partial charge in [-0.15, -0.1) is 0 Å². The molecule has 4 nitrogen and oxygen atoms in total. The molecule has 0 atom stereocenters. The maximum Gasteiger partial charge on any atom is 0.143 e. The van der Waals surface area contributed by atoms with Gasteiger partial charge in [0.15, 0.2) is 0 Å². The Morgan fingerprint density at radius 2 is 1.95 bits per heavy atom. The molecular weight excluding hydrogens is 295 g/mol. The van der Waals surface area contributed by atoms with Crippen LogP contribution in [0.4, 0.5) is 4.39 Å². The van der Waals surface area contributed by atoms with Gasteiger partial charge in [-0.05, 0) is 35.9 Å². The van der Waals surface area contributed by atoms with E-state index in [1.165, 1.54) is 18.2 Å². The predicted octanol–water partition coefficient (Wildman–Crippen LogP) is 3.35. The number of ether oxygens (including phenoxy) is 1. The monoisotopic (exact) mass is 308 g/mol. The maximum atomic E-state index is 13.1. The Balaban J connectivity index is 1.99. The number of rotatable bonds is 5. The third-order valence-corrected chi connectivity index (χ3v) is 3.21. The Morgan fingerprint density at radius 1 is 1.24 bits per heavy atom. The molecule has 0 unspecified atom stereocenters. The summed E-state index contributed by atoms with van der Waals surface area (Å²) in [7, 11) is 0. The fourth-order valence-electron chi connectivity index (χ4n) is 1.76. The van der Waals surface area contributed by atoms with E-state index < -0.39 is 0 Å². The van der Waals surface area contributed by atoms with Gasteiger partial charge in [-0.25, -0.2) is 4.39 Å². The SMILES string of the molecule is N/C(Cc1ccc(OCc2cc(F)ccc2Cl)cc1)=N/O. The Kier molecular flexibility index (Phi) is 5.00. The van der Waals surface area contributed by atoms with Gasteiger partial charge in [0.25, 0.3) is 0 Å². The van der Waals surface area contributed by atoms with Crippen molar-refractivity contribution in [1.29, 1.82) is 0 Å². The third kappa shape index (κ3) is 4.36. The quantitative estimate of drug-likeness (QED) is 0.385. The van der Waals surface area contributed by atoms with E-state index in [0.717, 1.165) is 5.56 Å². The zero-order valence-corrected chi connectivity index (χ0v) is 11.8. The second-order valence-corrected chi connectivity index (χ2v) is 4.84. The standard InChI is InChI=1S/C15H14ClFN2O2/c16-14-6-3-12(17)8-11(14)9-21-13-4-1-10(2-5-13)7-15(18)19-20/h1-6,8,20H,7,9H2,(H2,18,19). The Morgan fingerprint density at radius 3 is 2.62 bits per heavy atom. The highest BCUT2D eigenvalue weighted by Gasteiger charge is 2.04. The van der Waals surface area contributed by atoms with Crippen LogP contribution in [0.3, 0.4) is 0 Å². The highest BCUT2D eigenvalue weighted by atomic mass is 35.5. The number of hydrogen-bond donors (Lipinski definition) is 2. The van der Waals surface area contributed by atoms with Gasteiger partial charge >= 0.3 is 0 Å². The molecule has 110 valence electrons. The van der Waals surface area contributed by atoms with E-state index in [0.29, 0.717) is 22.8 Å². The fraction of sp³-hybridized carbons (Fsp3) is 0.133. The predicted molar refractivity (Wildman–Crippen MR) is 79.3 cm³/mol. The average Bonchev–Trinajstić information content (AvgIpc) is 2.49. The molecule has 0 aliphatic heterocycles. The molecule has 0 spiro atoms. The number of benzene rings is 2. The Bertz CT molecular complexity index is 645. The van der Waals surface area contributed by atoms with E-state index in [2.05, 4.69) is 5.16 Å². The molecule has 0 fully saturated rings. The summed E-state index contributed by atoms with van der Waals surface area (Å²) in [4.78, 5) is 0. The molecule has 3 N–H and O–H groups in total. The molecule has 2 aromatic rings. The van der Waals surface area contributed by atoms with Crippen molar-refractivity contribution in [2.45, 2.75) is 13.0 Å². The summed E-state index contributed by atoms with van der Waals surface area (Å²) < 4.78 is 18.7. The lowest BCUT2D eigenvalue weighted by Crippen LogP contribution is -2.14. The van der Waals surface area contributed by atoms with Gasteiger partial charge in [0.2, 0.25) is 0 Å². The van der Waals surface area contributed by atoms with Crippen LogP contribution >= 0.6 is 11.6 Å². The molecular formula is C15H14ClFN2O2. The molecule has 0 saturated heterocycles. The first-order chi connectivity index (χ1) is 10.1. The van der Waals surface area contributed by atoms with E-state index in [4.69, 9.17) is 27.3 Å². The van der Waals surface area contributed by atoms with E-state index in [1.807, 2.05) is 0 Å². The molecule has 0 bridgehead atoms. The minimum absolute atomic E-state index is 0.134. The smallest absolute Gasteiger partial charge is 0.143 e. The van der Waals surface area contributed by atoms with Crippen molar-refractivity contribution < 1.29 is 14.3 Å². The van der Waals surface area contributed by atoms with Crippen LogP contribution in [-0.4, -0.2) is 11.0 Å². The van der Waals surface area contributed by atoms with Crippen LogP contribution in [0.1, 0.15) is 11.1 Å². The third-order valence-electron chi connectivity index (χ3n) is 2.84. The van der Waals surface area contributed by atoms with Gasteiger partial charge in [-0.2, -0.15) is 0 Å². The van der Waals surface area contributed by atoms with Crippen LogP contribution in [0.2, 0.25) is 5.02 Å². The number of nitrogens with zero attached hydrogens (tertiary/aromatic N) is 1. The van der Waals surface area contributed by atoms with Crippen molar-refractivity contribution in [1.82, 2.24) is 0 Å². The molecule has 6 heteroatoms. The van der Waals surface area contributed by atoms with Crippen LogP contribution in [0, 0.1) is 5.82 Å². The molecule has 0 aliphatic carbocycles. The minimum atomic E-state index is -0.355. The lowest BCUT2D eigenvalue weighted by molar-refractivity contribution is 0.305. The van der Waals surface area contributed by atoms with Crippen molar-refractivity contribution in [3.05, 3.63) is 64.4 Å². The topological polar surface area (TPSA) is 67.8 Å². The first-order valence-electron chi connectivity index (χ1n) is 6.20. The molecule has 0 saturated carbocycles. The first-order valence-corrected chi connectivity index (χ1v) is 6.58. The molecule has 2 rings (SSSR count). The van der Waals surface area contributed by atoms with Crippen molar-refractivity contribution in [3.8, 4) is 5.75 Å². The van der Waals surface area contributed by atoms with Crippen LogP contribution < -0.4 is 10.5 Å². The van der Waals surface area contributed by atoms with Gasteiger partial charge in [-0.3, -0.25) is 0 Å². The molecule has 0 amide bonds. The Labute approximate surface area is 126 Å². The van der Waals surface area contributed by atoms with E-state index in [-0.39, 0.29) is 18.3 Å². The van der Waals surface area contributed by atoms with Crippen molar-refractivity contribution in [2.24, 2.45) is 10.9 Å². The lowest BCUT2D eigenvalue weighted by atomic mass is 10.1. The second kappa shape index (κ2) is 6.95. The zero-order chi connectivity index (χ0) is 15.2. The number of amidine groups is 1. The second-order valence-electron chi connectivity index (χ2n) is 4.44. The van der Waals surface area contributed by atoms with Gasteiger partial charge < -0.3 is 15.7 Å². The number of hydrogen-bond acceptors (Lipinski definition) is 3. The first kappa shape index (κ1) is 15.1. The van der Waals surface area contributed by atoms with Crippen LogP contribution in [-0.2, 0) is 13.0 Å². The maximum absolute atomic E-state index is 13.1. The number of oxime groups is 1. The minimum Gasteiger partial charge on any atom is -0.489 e. The summed E-state index contributed by atoms with van der Waals surface area (Å²) in [5, 5.41) is 11.9. The fourth-order valence-corrected chi connectivity index (χ4v) is 1.94. The van der Waals surface area contributed by atoms with E-state index >= 15 is 0 Å². The van der Waals surface area contributed by atoms with Gasteiger partial charge in [0, 0.05) is 17.0 Å². The average molecular weight is 309 g/mol. The van der Waals surface area contributed by atoms with Crippen LogP contribution in [0.25, 0.3) is 0 Å².